The third kappa shape index (κ3) is 3.95. The summed E-state index contributed by atoms with van der Waals surface area (Å²) in [5, 5.41) is 0.627. The largest absolute Gasteiger partial charge is 0.455 e. The van der Waals surface area contributed by atoms with Crippen molar-refractivity contribution in [1.29, 1.82) is 0 Å². The van der Waals surface area contributed by atoms with Gasteiger partial charge in [0.25, 0.3) is 0 Å². The van der Waals surface area contributed by atoms with E-state index in [1.165, 1.54) is 0 Å². The van der Waals surface area contributed by atoms with Crippen molar-refractivity contribution < 1.29 is 8.83 Å². The second-order valence-electron chi connectivity index (χ2n) is 6.65. The summed E-state index contributed by atoms with van der Waals surface area (Å²) in [5.74, 6) is 2.00. The smallest absolute Gasteiger partial charge is 0.227 e. The van der Waals surface area contributed by atoms with Gasteiger partial charge in [-0.25, -0.2) is 4.98 Å². The first-order chi connectivity index (χ1) is 14.6. The highest BCUT2D eigenvalue weighted by molar-refractivity contribution is 9.10. The third-order valence-corrected chi connectivity index (χ3v) is 5.30. The molecule has 0 radical (unpaired) electrons. The standard InChI is InChI=1S/C24H14BrClN2O2/c25-17-6-4-15(5-7-17)22-11-9-20(29-22)14-27-19-3-1-2-16(12-19)24-28-21-13-18(26)8-10-23(21)30-24/h1-14H. The van der Waals surface area contributed by atoms with Crippen molar-refractivity contribution in [3.05, 3.63) is 94.1 Å². The van der Waals surface area contributed by atoms with Crippen molar-refractivity contribution in [3.63, 3.8) is 0 Å². The molecule has 30 heavy (non-hydrogen) atoms. The second-order valence-corrected chi connectivity index (χ2v) is 8.00. The fraction of sp³-hybridized carbons (Fsp3) is 0. The maximum atomic E-state index is 6.03. The summed E-state index contributed by atoms with van der Waals surface area (Å²) in [5.41, 5.74) is 4.04. The predicted octanol–water partition coefficient (Wildman–Crippen LogP) is 7.92. The predicted molar refractivity (Wildman–Crippen MR) is 124 cm³/mol. The Morgan fingerprint density at radius 1 is 0.867 bits per heavy atom. The van der Waals surface area contributed by atoms with E-state index < -0.39 is 0 Å². The van der Waals surface area contributed by atoms with Gasteiger partial charge in [0.2, 0.25) is 5.89 Å². The van der Waals surface area contributed by atoms with Crippen LogP contribution in [0.5, 0.6) is 0 Å². The Balaban J connectivity index is 1.39. The van der Waals surface area contributed by atoms with Crippen LogP contribution in [0.1, 0.15) is 5.76 Å². The van der Waals surface area contributed by atoms with Crippen LogP contribution in [0.25, 0.3) is 33.9 Å². The van der Waals surface area contributed by atoms with Gasteiger partial charge in [0.1, 0.15) is 17.0 Å². The maximum absolute atomic E-state index is 6.03. The highest BCUT2D eigenvalue weighted by atomic mass is 79.9. The minimum atomic E-state index is 0.528. The van der Waals surface area contributed by atoms with E-state index in [4.69, 9.17) is 20.4 Å². The van der Waals surface area contributed by atoms with E-state index >= 15 is 0 Å². The van der Waals surface area contributed by atoms with Gasteiger partial charge in [-0.1, -0.05) is 45.7 Å². The van der Waals surface area contributed by atoms with Crippen LogP contribution in [0.3, 0.4) is 0 Å². The quantitative estimate of drug-likeness (QED) is 0.247. The minimum absolute atomic E-state index is 0.528. The van der Waals surface area contributed by atoms with Crippen LogP contribution in [0.15, 0.2) is 97.2 Å². The SMILES string of the molecule is Clc1ccc2oc(-c3cccc(N=Cc4ccc(-c5ccc(Br)cc5)o4)c3)nc2c1. The van der Waals surface area contributed by atoms with Crippen LogP contribution in [-0.2, 0) is 0 Å². The number of oxazole rings is 1. The fourth-order valence-electron chi connectivity index (χ4n) is 3.07. The molecule has 6 heteroatoms. The van der Waals surface area contributed by atoms with Gasteiger partial charge < -0.3 is 8.83 Å². The normalized spacial score (nSPS) is 11.5. The first-order valence-corrected chi connectivity index (χ1v) is 10.4. The number of hydrogen-bond donors (Lipinski definition) is 0. The van der Waals surface area contributed by atoms with Crippen molar-refractivity contribution in [3.8, 4) is 22.8 Å². The molecule has 146 valence electrons. The number of aliphatic imine (C=N–C) groups is 1. The zero-order chi connectivity index (χ0) is 20.5. The van der Waals surface area contributed by atoms with Crippen LogP contribution in [-0.4, -0.2) is 11.2 Å². The number of fused-ring (bicyclic) bond motifs is 1. The maximum Gasteiger partial charge on any atom is 0.227 e. The fourth-order valence-corrected chi connectivity index (χ4v) is 3.50. The zero-order valence-corrected chi connectivity index (χ0v) is 17.9. The van der Waals surface area contributed by atoms with E-state index in [2.05, 4.69) is 25.9 Å². The van der Waals surface area contributed by atoms with Crippen molar-refractivity contribution in [2.75, 3.05) is 0 Å². The van der Waals surface area contributed by atoms with Crippen molar-refractivity contribution in [2.24, 2.45) is 4.99 Å². The van der Waals surface area contributed by atoms with E-state index in [1.807, 2.05) is 66.7 Å². The lowest BCUT2D eigenvalue weighted by molar-refractivity contribution is 0.575. The molecule has 0 saturated heterocycles. The Hall–Kier alpha value is -3.15. The van der Waals surface area contributed by atoms with Gasteiger partial charge in [-0.05, 0) is 60.7 Å². The first-order valence-electron chi connectivity index (χ1n) is 9.20. The van der Waals surface area contributed by atoms with Gasteiger partial charge in [-0.2, -0.15) is 0 Å². The van der Waals surface area contributed by atoms with Crippen LogP contribution in [0.2, 0.25) is 5.02 Å². The number of hydrogen-bond acceptors (Lipinski definition) is 4. The number of rotatable bonds is 4. The number of aromatic nitrogens is 1. The summed E-state index contributed by atoms with van der Waals surface area (Å²) in [6.45, 7) is 0. The number of benzene rings is 3. The molecule has 0 N–H and O–H groups in total. The second kappa shape index (κ2) is 7.94. The molecule has 2 heterocycles. The van der Waals surface area contributed by atoms with Crippen LogP contribution in [0, 0.1) is 0 Å². The molecule has 0 saturated carbocycles. The Kier molecular flexibility index (Phi) is 4.99. The molecule has 0 bridgehead atoms. The topological polar surface area (TPSA) is 51.5 Å². The summed E-state index contributed by atoms with van der Waals surface area (Å²) in [7, 11) is 0. The minimum Gasteiger partial charge on any atom is -0.455 e. The molecule has 5 aromatic rings. The Morgan fingerprint density at radius 2 is 1.73 bits per heavy atom. The van der Waals surface area contributed by atoms with Gasteiger partial charge in [0, 0.05) is 20.6 Å². The Bertz CT molecular complexity index is 1370. The molecular weight excluding hydrogens is 464 g/mol. The molecular formula is C24H14BrClN2O2. The van der Waals surface area contributed by atoms with Crippen LogP contribution < -0.4 is 0 Å². The summed E-state index contributed by atoms with van der Waals surface area (Å²) < 4.78 is 12.8. The average Bonchev–Trinajstić information content (AvgIpc) is 3.40. The molecule has 0 amide bonds. The zero-order valence-electron chi connectivity index (χ0n) is 15.5. The Morgan fingerprint density at radius 3 is 2.60 bits per heavy atom. The number of furan rings is 1. The molecule has 5 rings (SSSR count). The van der Waals surface area contributed by atoms with Crippen molar-refractivity contribution >= 4 is 50.5 Å². The molecule has 0 atom stereocenters. The summed E-state index contributed by atoms with van der Waals surface area (Å²) in [6, 6.07) is 24.9. The van der Waals surface area contributed by atoms with E-state index in [-0.39, 0.29) is 0 Å². The third-order valence-electron chi connectivity index (χ3n) is 4.54. The van der Waals surface area contributed by atoms with Crippen LogP contribution >= 0.6 is 27.5 Å². The monoisotopic (exact) mass is 476 g/mol. The molecule has 0 fully saturated rings. The van der Waals surface area contributed by atoms with Gasteiger partial charge in [-0.3, -0.25) is 4.99 Å². The van der Waals surface area contributed by atoms with Gasteiger partial charge in [0.15, 0.2) is 5.58 Å². The summed E-state index contributed by atoms with van der Waals surface area (Å²) >= 11 is 9.48. The average molecular weight is 478 g/mol. The molecule has 4 nitrogen and oxygen atoms in total. The van der Waals surface area contributed by atoms with E-state index in [1.54, 1.807) is 18.3 Å². The molecule has 3 aromatic carbocycles. The number of halogens is 2. The van der Waals surface area contributed by atoms with Crippen LogP contribution in [0.4, 0.5) is 5.69 Å². The summed E-state index contributed by atoms with van der Waals surface area (Å²) in [6.07, 6.45) is 1.70. The lowest BCUT2D eigenvalue weighted by atomic mass is 10.2. The molecule has 2 aromatic heterocycles. The van der Waals surface area contributed by atoms with Crippen molar-refractivity contribution in [1.82, 2.24) is 4.98 Å². The molecule has 0 aliphatic rings. The molecule has 0 spiro atoms. The molecule has 0 unspecified atom stereocenters. The van der Waals surface area contributed by atoms with Crippen molar-refractivity contribution in [2.45, 2.75) is 0 Å². The lowest BCUT2D eigenvalue weighted by Crippen LogP contribution is -1.78. The van der Waals surface area contributed by atoms with E-state index in [0.29, 0.717) is 22.3 Å². The summed E-state index contributed by atoms with van der Waals surface area (Å²) in [4.78, 5) is 9.06. The van der Waals surface area contributed by atoms with E-state index in [9.17, 15) is 0 Å². The van der Waals surface area contributed by atoms with Gasteiger partial charge in [0.05, 0.1) is 11.9 Å². The first kappa shape index (κ1) is 18.9. The lowest BCUT2D eigenvalue weighted by Gasteiger charge is -1.98. The van der Waals surface area contributed by atoms with Gasteiger partial charge >= 0.3 is 0 Å². The molecule has 0 aliphatic carbocycles. The van der Waals surface area contributed by atoms with E-state index in [0.717, 1.165) is 32.6 Å². The highest BCUT2D eigenvalue weighted by Gasteiger charge is 2.09. The Labute approximate surface area is 186 Å². The van der Waals surface area contributed by atoms with Gasteiger partial charge in [-0.15, -0.1) is 0 Å². The molecule has 0 aliphatic heterocycles. The highest BCUT2D eigenvalue weighted by Crippen LogP contribution is 2.29. The number of nitrogens with zero attached hydrogens (tertiary/aromatic N) is 2.